The molecule has 0 fully saturated rings. The summed E-state index contributed by atoms with van der Waals surface area (Å²) in [5.41, 5.74) is 2.99. The van der Waals surface area contributed by atoms with E-state index in [0.717, 1.165) is 10.9 Å². The number of aromatic nitrogens is 2. The number of para-hydroxylation sites is 1. The lowest BCUT2D eigenvalue weighted by Gasteiger charge is -1.99. The Balaban J connectivity index is 1.99. The van der Waals surface area contributed by atoms with Crippen molar-refractivity contribution >= 4 is 22.7 Å². The monoisotopic (exact) mass is 246 g/mol. The molecule has 0 radical (unpaired) electrons. The summed E-state index contributed by atoms with van der Waals surface area (Å²) in [6.07, 6.45) is 0. The molecule has 0 saturated carbocycles. The lowest BCUT2D eigenvalue weighted by Crippen LogP contribution is -2.31. The van der Waals surface area contributed by atoms with Gasteiger partial charge in [-0.2, -0.15) is 5.10 Å². The fourth-order valence-electron chi connectivity index (χ4n) is 1.84. The average molecular weight is 246 g/mol. The van der Waals surface area contributed by atoms with Crippen LogP contribution in [0.4, 0.5) is 0 Å². The summed E-state index contributed by atoms with van der Waals surface area (Å²) in [5, 5.41) is 16.4. The number of aromatic amines is 1. The molecular weight excluding hydrogens is 236 g/mol. The molecule has 0 bridgehead atoms. The van der Waals surface area contributed by atoms with Crippen LogP contribution in [0.25, 0.3) is 10.9 Å². The molecule has 1 amide bonds. The molecule has 92 valence electrons. The van der Waals surface area contributed by atoms with Gasteiger partial charge in [0.1, 0.15) is 6.61 Å². The van der Waals surface area contributed by atoms with Crippen molar-refractivity contribution in [2.75, 3.05) is 6.61 Å². The normalized spacial score (nSPS) is 18.5. The van der Waals surface area contributed by atoms with Gasteiger partial charge in [-0.15, -0.1) is 0 Å². The van der Waals surface area contributed by atoms with Crippen LogP contribution in [0.15, 0.2) is 29.3 Å². The molecule has 1 aliphatic heterocycles. The molecule has 0 spiro atoms. The predicted molar refractivity (Wildman–Crippen MR) is 62.3 cm³/mol. The fourth-order valence-corrected chi connectivity index (χ4v) is 1.84. The van der Waals surface area contributed by atoms with Gasteiger partial charge in [-0.3, -0.25) is 15.1 Å². The van der Waals surface area contributed by atoms with Crippen molar-refractivity contribution in [1.29, 1.82) is 0 Å². The van der Waals surface area contributed by atoms with Gasteiger partial charge >= 0.3 is 0 Å². The minimum absolute atomic E-state index is 0.100. The van der Waals surface area contributed by atoms with Gasteiger partial charge in [0.05, 0.1) is 5.52 Å². The topological polar surface area (TPSA) is 99.6 Å². The van der Waals surface area contributed by atoms with Gasteiger partial charge in [0, 0.05) is 5.39 Å². The second-order valence-corrected chi connectivity index (χ2v) is 3.85. The Bertz CT molecular complexity index is 634. The molecule has 2 aromatic rings. The summed E-state index contributed by atoms with van der Waals surface area (Å²) in [4.78, 5) is 15.3. The van der Waals surface area contributed by atoms with Crippen LogP contribution in [0.2, 0.25) is 0 Å². The van der Waals surface area contributed by atoms with Gasteiger partial charge in [-0.25, -0.2) is 10.5 Å². The van der Waals surface area contributed by atoms with E-state index in [1.54, 1.807) is 5.48 Å². The minimum Gasteiger partial charge on any atom is -0.473 e. The van der Waals surface area contributed by atoms with Crippen molar-refractivity contribution < 1.29 is 14.7 Å². The summed E-state index contributed by atoms with van der Waals surface area (Å²) in [6.45, 7) is 0.100. The van der Waals surface area contributed by atoms with Gasteiger partial charge < -0.3 is 4.74 Å². The Hall–Kier alpha value is -2.41. The number of hydrogen-bond acceptors (Lipinski definition) is 5. The third-order valence-corrected chi connectivity index (χ3v) is 2.74. The number of rotatable bonds is 2. The first-order chi connectivity index (χ1) is 8.79. The molecule has 1 atom stereocenters. The minimum atomic E-state index is -0.736. The van der Waals surface area contributed by atoms with Crippen LogP contribution in [-0.4, -0.2) is 39.9 Å². The van der Waals surface area contributed by atoms with Gasteiger partial charge in [0.25, 0.3) is 5.91 Å². The van der Waals surface area contributed by atoms with Gasteiger partial charge in [0.2, 0.25) is 5.90 Å². The van der Waals surface area contributed by atoms with Crippen LogP contribution in [0.3, 0.4) is 0 Å². The van der Waals surface area contributed by atoms with Crippen LogP contribution in [0.1, 0.15) is 5.69 Å². The Kier molecular flexibility index (Phi) is 2.45. The average Bonchev–Trinajstić information content (AvgIpc) is 3.03. The molecule has 1 aliphatic rings. The van der Waals surface area contributed by atoms with Crippen molar-refractivity contribution in [3.05, 3.63) is 30.0 Å². The van der Waals surface area contributed by atoms with Crippen molar-refractivity contribution in [3.63, 3.8) is 0 Å². The molecule has 7 heteroatoms. The summed E-state index contributed by atoms with van der Waals surface area (Å²) in [7, 11) is 0. The Morgan fingerprint density at radius 3 is 3.17 bits per heavy atom. The standard InChI is InChI=1S/C11H10N4O3/c16-10(15-17)8-5-18-11(12-8)9-6-3-1-2-4-7(6)13-14-9/h1-4,8,17H,5H2,(H,13,14)(H,15,16)/t8-/m1/s1. The maximum absolute atomic E-state index is 11.2. The number of ether oxygens (including phenoxy) is 1. The number of hydrogen-bond donors (Lipinski definition) is 3. The number of nitrogens with zero attached hydrogens (tertiary/aromatic N) is 2. The van der Waals surface area contributed by atoms with Gasteiger partial charge in [0.15, 0.2) is 11.7 Å². The first-order valence-electron chi connectivity index (χ1n) is 5.37. The van der Waals surface area contributed by atoms with E-state index in [-0.39, 0.29) is 6.61 Å². The highest BCUT2D eigenvalue weighted by molar-refractivity contribution is 6.06. The zero-order chi connectivity index (χ0) is 12.5. The van der Waals surface area contributed by atoms with Crippen molar-refractivity contribution in [2.24, 2.45) is 4.99 Å². The van der Waals surface area contributed by atoms with E-state index in [1.807, 2.05) is 24.3 Å². The van der Waals surface area contributed by atoms with Crippen molar-refractivity contribution in [1.82, 2.24) is 15.7 Å². The van der Waals surface area contributed by atoms with Gasteiger partial charge in [-0.05, 0) is 6.07 Å². The van der Waals surface area contributed by atoms with Crippen LogP contribution < -0.4 is 5.48 Å². The number of H-pyrrole nitrogens is 1. The molecule has 3 rings (SSSR count). The zero-order valence-corrected chi connectivity index (χ0v) is 9.25. The number of carbonyl (C=O) groups is 1. The van der Waals surface area contributed by atoms with Crippen LogP contribution >= 0.6 is 0 Å². The molecule has 1 aromatic heterocycles. The lowest BCUT2D eigenvalue weighted by atomic mass is 10.2. The summed E-state index contributed by atoms with van der Waals surface area (Å²) < 4.78 is 5.34. The molecule has 0 aliphatic carbocycles. The first kappa shape index (κ1) is 10.7. The summed E-state index contributed by atoms with van der Waals surface area (Å²) >= 11 is 0. The highest BCUT2D eigenvalue weighted by atomic mass is 16.5. The highest BCUT2D eigenvalue weighted by Crippen LogP contribution is 2.19. The highest BCUT2D eigenvalue weighted by Gasteiger charge is 2.28. The lowest BCUT2D eigenvalue weighted by molar-refractivity contribution is -0.130. The first-order valence-corrected chi connectivity index (χ1v) is 5.37. The maximum Gasteiger partial charge on any atom is 0.271 e. The van der Waals surface area contributed by atoms with E-state index in [1.165, 1.54) is 0 Å². The van der Waals surface area contributed by atoms with Crippen LogP contribution in [-0.2, 0) is 9.53 Å². The van der Waals surface area contributed by atoms with Crippen LogP contribution in [0, 0.1) is 0 Å². The smallest absolute Gasteiger partial charge is 0.271 e. The Morgan fingerprint density at radius 2 is 2.33 bits per heavy atom. The van der Waals surface area contributed by atoms with E-state index in [9.17, 15) is 4.79 Å². The quantitative estimate of drug-likeness (QED) is 0.521. The molecule has 3 N–H and O–H groups in total. The van der Waals surface area contributed by atoms with E-state index in [2.05, 4.69) is 15.2 Å². The van der Waals surface area contributed by atoms with Crippen molar-refractivity contribution in [3.8, 4) is 0 Å². The molecule has 0 unspecified atom stereocenters. The maximum atomic E-state index is 11.2. The van der Waals surface area contributed by atoms with E-state index >= 15 is 0 Å². The second-order valence-electron chi connectivity index (χ2n) is 3.85. The molecule has 18 heavy (non-hydrogen) atoms. The molecule has 0 saturated heterocycles. The molecule has 1 aromatic carbocycles. The number of fused-ring (bicyclic) bond motifs is 1. The predicted octanol–water partition coefficient (Wildman–Crippen LogP) is 0.214. The fraction of sp³-hybridized carbons (Fsp3) is 0.182. The number of nitrogens with one attached hydrogen (secondary N) is 2. The second kappa shape index (κ2) is 4.11. The van der Waals surface area contributed by atoms with E-state index in [0.29, 0.717) is 11.6 Å². The molecule has 7 nitrogen and oxygen atoms in total. The number of aliphatic imine (C=N–C) groups is 1. The van der Waals surface area contributed by atoms with Crippen molar-refractivity contribution in [2.45, 2.75) is 6.04 Å². The number of hydroxylamine groups is 1. The molecule has 2 heterocycles. The summed E-state index contributed by atoms with van der Waals surface area (Å²) in [5.74, 6) is -0.286. The zero-order valence-electron chi connectivity index (χ0n) is 9.25. The number of carbonyl (C=O) groups excluding carboxylic acids is 1. The Labute approximate surface area is 101 Å². The van der Waals surface area contributed by atoms with Crippen LogP contribution in [0.5, 0.6) is 0 Å². The Morgan fingerprint density at radius 1 is 1.50 bits per heavy atom. The SMILES string of the molecule is O=C(NO)[C@H]1COC(c2n[nH]c3ccccc23)=N1. The van der Waals surface area contributed by atoms with E-state index < -0.39 is 11.9 Å². The third kappa shape index (κ3) is 1.61. The van der Waals surface area contributed by atoms with E-state index in [4.69, 9.17) is 9.94 Å². The largest absolute Gasteiger partial charge is 0.473 e. The number of benzene rings is 1. The number of amides is 1. The molecular formula is C11H10N4O3. The third-order valence-electron chi connectivity index (χ3n) is 2.74. The van der Waals surface area contributed by atoms with Gasteiger partial charge in [-0.1, -0.05) is 18.2 Å². The summed E-state index contributed by atoms with van der Waals surface area (Å²) in [6, 6.07) is 6.82.